The van der Waals surface area contributed by atoms with Gasteiger partial charge in [-0.1, -0.05) is 6.07 Å². The van der Waals surface area contributed by atoms with Gasteiger partial charge < -0.3 is 10.7 Å². The third-order valence-electron chi connectivity index (χ3n) is 2.86. The highest BCUT2D eigenvalue weighted by Crippen LogP contribution is 2.21. The predicted molar refractivity (Wildman–Crippen MR) is 66.2 cm³/mol. The fourth-order valence-electron chi connectivity index (χ4n) is 2.13. The molecule has 1 aromatic heterocycles. The van der Waals surface area contributed by atoms with E-state index < -0.39 is 5.91 Å². The summed E-state index contributed by atoms with van der Waals surface area (Å²) in [6.07, 6.45) is 0. The highest BCUT2D eigenvalue weighted by Gasteiger charge is 2.16. The summed E-state index contributed by atoms with van der Waals surface area (Å²) in [4.78, 5) is 25.9. The van der Waals surface area contributed by atoms with Gasteiger partial charge in [-0.15, -0.1) is 0 Å². The Morgan fingerprint density at radius 1 is 1.41 bits per heavy atom. The zero-order chi connectivity index (χ0) is 12.7. The first kappa shape index (κ1) is 11.4. The molecule has 1 heterocycles. The van der Waals surface area contributed by atoms with Crippen LogP contribution in [0.15, 0.2) is 16.9 Å². The summed E-state index contributed by atoms with van der Waals surface area (Å²) >= 11 is 0. The highest BCUT2D eigenvalue weighted by molar-refractivity contribution is 6.05. The number of rotatable bonds is 2. The van der Waals surface area contributed by atoms with Gasteiger partial charge in [0.25, 0.3) is 5.91 Å². The molecule has 0 unspecified atom stereocenters. The minimum absolute atomic E-state index is 0.0275. The number of aromatic nitrogens is 2. The second-order valence-electron chi connectivity index (χ2n) is 4.41. The lowest BCUT2D eigenvalue weighted by atomic mass is 10.1. The van der Waals surface area contributed by atoms with Gasteiger partial charge in [0.05, 0.1) is 16.6 Å². The Bertz CT molecular complexity index is 650. The van der Waals surface area contributed by atoms with Gasteiger partial charge in [0.15, 0.2) is 0 Å². The Labute approximate surface area is 98.2 Å². The summed E-state index contributed by atoms with van der Waals surface area (Å²) in [6.45, 7) is 5.63. The van der Waals surface area contributed by atoms with Crippen LogP contribution < -0.4 is 11.4 Å². The Morgan fingerprint density at radius 2 is 2.06 bits per heavy atom. The fraction of sp³-hybridized carbons (Fsp3) is 0.333. The summed E-state index contributed by atoms with van der Waals surface area (Å²) in [5, 5.41) is 0. The topological polar surface area (TPSA) is 80.9 Å². The number of imidazole rings is 1. The van der Waals surface area contributed by atoms with Crippen molar-refractivity contribution < 1.29 is 4.79 Å². The first-order chi connectivity index (χ1) is 7.93. The number of primary amides is 1. The number of amides is 1. The first-order valence-corrected chi connectivity index (χ1v) is 5.47. The molecule has 0 saturated heterocycles. The zero-order valence-corrected chi connectivity index (χ0v) is 10.1. The van der Waals surface area contributed by atoms with E-state index in [0.29, 0.717) is 16.6 Å². The van der Waals surface area contributed by atoms with Gasteiger partial charge in [0.1, 0.15) is 0 Å². The number of benzene rings is 1. The first-order valence-electron chi connectivity index (χ1n) is 5.47. The molecule has 0 aliphatic heterocycles. The molecule has 0 atom stereocenters. The van der Waals surface area contributed by atoms with Crippen molar-refractivity contribution in [3.63, 3.8) is 0 Å². The molecule has 3 N–H and O–H groups in total. The van der Waals surface area contributed by atoms with Crippen LogP contribution in [-0.4, -0.2) is 15.5 Å². The standard InChI is InChI=1S/C12H15N3O2/c1-6(2)15-8-5-4-7(3)9(11(13)16)10(8)14-12(15)17/h4-6H,1-3H3,(H2,13,16)(H,14,17). The van der Waals surface area contributed by atoms with Crippen molar-refractivity contribution >= 4 is 16.9 Å². The molecule has 0 aliphatic rings. The van der Waals surface area contributed by atoms with Crippen molar-refractivity contribution in [3.05, 3.63) is 33.7 Å². The van der Waals surface area contributed by atoms with Gasteiger partial charge in [-0.3, -0.25) is 9.36 Å². The van der Waals surface area contributed by atoms with Crippen LogP contribution in [0.3, 0.4) is 0 Å². The van der Waals surface area contributed by atoms with E-state index in [1.54, 1.807) is 17.6 Å². The Hall–Kier alpha value is -2.04. The number of fused-ring (bicyclic) bond motifs is 1. The van der Waals surface area contributed by atoms with Crippen molar-refractivity contribution in [2.45, 2.75) is 26.8 Å². The van der Waals surface area contributed by atoms with Crippen molar-refractivity contribution in [1.82, 2.24) is 9.55 Å². The van der Waals surface area contributed by atoms with Crippen molar-refractivity contribution in [2.75, 3.05) is 0 Å². The maximum absolute atomic E-state index is 11.8. The second-order valence-corrected chi connectivity index (χ2v) is 4.41. The number of H-pyrrole nitrogens is 1. The Kier molecular flexibility index (Phi) is 2.53. The summed E-state index contributed by atoms with van der Waals surface area (Å²) in [5.74, 6) is -0.523. The van der Waals surface area contributed by atoms with Gasteiger partial charge >= 0.3 is 5.69 Å². The number of hydrogen-bond acceptors (Lipinski definition) is 2. The summed E-state index contributed by atoms with van der Waals surface area (Å²) in [7, 11) is 0. The molecule has 0 spiro atoms. The molecule has 2 aromatic rings. The average Bonchev–Trinajstić information content (AvgIpc) is 2.52. The number of aryl methyl sites for hydroxylation is 1. The molecule has 1 amide bonds. The highest BCUT2D eigenvalue weighted by atomic mass is 16.1. The van der Waals surface area contributed by atoms with E-state index in [4.69, 9.17) is 5.73 Å². The number of hydrogen-bond donors (Lipinski definition) is 2. The molecule has 90 valence electrons. The predicted octanol–water partition coefficient (Wildman–Crippen LogP) is 1.32. The van der Waals surface area contributed by atoms with Crippen LogP contribution in [0.25, 0.3) is 11.0 Å². The van der Waals surface area contributed by atoms with Crippen LogP contribution >= 0.6 is 0 Å². The van der Waals surface area contributed by atoms with Crippen LogP contribution in [0.5, 0.6) is 0 Å². The number of aromatic amines is 1. The van der Waals surface area contributed by atoms with Crippen molar-refractivity contribution in [3.8, 4) is 0 Å². The quantitative estimate of drug-likeness (QED) is 0.820. The largest absolute Gasteiger partial charge is 0.366 e. The van der Waals surface area contributed by atoms with E-state index in [0.717, 1.165) is 5.56 Å². The van der Waals surface area contributed by atoms with Gasteiger partial charge in [0, 0.05) is 6.04 Å². The van der Waals surface area contributed by atoms with E-state index in [1.807, 2.05) is 19.9 Å². The fourth-order valence-corrected chi connectivity index (χ4v) is 2.13. The number of nitrogens with one attached hydrogen (secondary N) is 1. The summed E-state index contributed by atoms with van der Waals surface area (Å²) in [5.41, 5.74) is 7.52. The molecule has 2 rings (SSSR count). The van der Waals surface area contributed by atoms with Gasteiger partial charge in [-0.2, -0.15) is 0 Å². The molecular formula is C12H15N3O2. The number of nitrogens with zero attached hydrogens (tertiary/aromatic N) is 1. The summed E-state index contributed by atoms with van der Waals surface area (Å²) < 4.78 is 1.61. The van der Waals surface area contributed by atoms with Gasteiger partial charge in [-0.25, -0.2) is 4.79 Å². The molecule has 0 fully saturated rings. The van der Waals surface area contributed by atoms with Gasteiger partial charge in [-0.05, 0) is 32.4 Å². The molecule has 1 aromatic carbocycles. The molecule has 0 saturated carbocycles. The normalized spacial score (nSPS) is 11.3. The minimum Gasteiger partial charge on any atom is -0.366 e. The smallest absolute Gasteiger partial charge is 0.326 e. The number of carbonyl (C=O) groups is 1. The SMILES string of the molecule is Cc1ccc2c([nH]c(=O)n2C(C)C)c1C(N)=O. The van der Waals surface area contributed by atoms with E-state index >= 15 is 0 Å². The molecular weight excluding hydrogens is 218 g/mol. The van der Waals surface area contributed by atoms with E-state index in [-0.39, 0.29) is 11.7 Å². The van der Waals surface area contributed by atoms with Crippen LogP contribution in [0.1, 0.15) is 35.8 Å². The monoisotopic (exact) mass is 233 g/mol. The maximum atomic E-state index is 11.8. The maximum Gasteiger partial charge on any atom is 0.326 e. The lowest BCUT2D eigenvalue weighted by molar-refractivity contribution is 0.100. The van der Waals surface area contributed by atoms with Crippen LogP contribution in [0.2, 0.25) is 0 Å². The Morgan fingerprint density at radius 3 is 2.59 bits per heavy atom. The molecule has 0 radical (unpaired) electrons. The molecule has 0 aliphatic carbocycles. The van der Waals surface area contributed by atoms with Crippen molar-refractivity contribution in [2.24, 2.45) is 5.73 Å². The third kappa shape index (κ3) is 1.63. The van der Waals surface area contributed by atoms with Crippen molar-refractivity contribution in [1.29, 1.82) is 0 Å². The van der Waals surface area contributed by atoms with Crippen LogP contribution in [0.4, 0.5) is 0 Å². The molecule has 0 bridgehead atoms. The van der Waals surface area contributed by atoms with Crippen LogP contribution in [-0.2, 0) is 0 Å². The van der Waals surface area contributed by atoms with Gasteiger partial charge in [0.2, 0.25) is 0 Å². The lowest BCUT2D eigenvalue weighted by Crippen LogP contribution is -2.18. The Balaban J connectivity index is 2.94. The summed E-state index contributed by atoms with van der Waals surface area (Å²) in [6, 6.07) is 3.66. The number of carbonyl (C=O) groups excluding carboxylic acids is 1. The average molecular weight is 233 g/mol. The zero-order valence-electron chi connectivity index (χ0n) is 10.1. The lowest BCUT2D eigenvalue weighted by Gasteiger charge is -2.08. The number of nitrogens with two attached hydrogens (primary N) is 1. The van der Waals surface area contributed by atoms with E-state index in [9.17, 15) is 9.59 Å². The third-order valence-corrected chi connectivity index (χ3v) is 2.86. The minimum atomic E-state index is -0.523. The van der Waals surface area contributed by atoms with E-state index in [2.05, 4.69) is 4.98 Å². The van der Waals surface area contributed by atoms with Crippen LogP contribution in [0, 0.1) is 6.92 Å². The molecule has 5 heteroatoms. The second kappa shape index (κ2) is 3.76. The van der Waals surface area contributed by atoms with E-state index in [1.165, 1.54) is 0 Å². The molecule has 5 nitrogen and oxygen atoms in total. The molecule has 17 heavy (non-hydrogen) atoms.